The lowest BCUT2D eigenvalue weighted by Gasteiger charge is -2.40. The van der Waals surface area contributed by atoms with E-state index in [0.717, 1.165) is 53.0 Å². The quantitative estimate of drug-likeness (QED) is 0.0802. The number of sulfonamides is 1. The number of carbonyl (C=O) groups excluding carboxylic acids is 3. The van der Waals surface area contributed by atoms with E-state index in [0.29, 0.717) is 36.8 Å². The summed E-state index contributed by atoms with van der Waals surface area (Å²) in [6, 6.07) is 19.4. The molecule has 300 valence electrons. The summed E-state index contributed by atoms with van der Waals surface area (Å²) < 4.78 is 36.7. The number of nitrogens with one attached hydrogen (secondary N) is 2. The molecule has 0 aliphatic carbocycles. The number of ether oxygens (including phenoxy) is 2. The van der Waals surface area contributed by atoms with Gasteiger partial charge in [0.2, 0.25) is 15.9 Å². The summed E-state index contributed by atoms with van der Waals surface area (Å²) in [5, 5.41) is 3.20. The zero-order valence-electron chi connectivity index (χ0n) is 32.9. The molecule has 1 aliphatic rings. The molecule has 1 fully saturated rings. The van der Waals surface area contributed by atoms with Crippen molar-refractivity contribution in [2.75, 3.05) is 39.1 Å². The van der Waals surface area contributed by atoms with Crippen molar-refractivity contribution in [2.24, 2.45) is 5.92 Å². The maximum absolute atomic E-state index is 13.5. The first-order valence-electron chi connectivity index (χ1n) is 19.1. The Kier molecular flexibility index (Phi) is 14.8. The summed E-state index contributed by atoms with van der Waals surface area (Å²) >= 11 is 1.47. The van der Waals surface area contributed by atoms with E-state index in [9.17, 15) is 22.8 Å². The Hall–Kier alpha value is -4.66. The summed E-state index contributed by atoms with van der Waals surface area (Å²) in [6.07, 6.45) is 10.1. The molecule has 2 N–H and O–H groups in total. The van der Waals surface area contributed by atoms with Crippen LogP contribution in [0.4, 0.5) is 0 Å². The van der Waals surface area contributed by atoms with Crippen LogP contribution in [0.5, 0.6) is 5.75 Å². The average molecular weight is 804 g/mol. The van der Waals surface area contributed by atoms with E-state index in [1.807, 2.05) is 82.7 Å². The van der Waals surface area contributed by atoms with Crippen LogP contribution in [0.3, 0.4) is 0 Å². The first-order valence-corrected chi connectivity index (χ1v) is 21.6. The Morgan fingerprint density at radius 2 is 1.55 bits per heavy atom. The molecule has 56 heavy (non-hydrogen) atoms. The van der Waals surface area contributed by atoms with Crippen molar-refractivity contribution in [2.45, 2.75) is 77.7 Å². The van der Waals surface area contributed by atoms with Gasteiger partial charge in [0.05, 0.1) is 24.5 Å². The average Bonchev–Trinajstić information content (AvgIpc) is 3.66. The lowest BCUT2D eigenvalue weighted by molar-refractivity contribution is -0.137. The molecule has 5 rings (SSSR count). The van der Waals surface area contributed by atoms with E-state index in [4.69, 9.17) is 4.74 Å². The summed E-state index contributed by atoms with van der Waals surface area (Å²) in [6.45, 7) is 10.3. The highest BCUT2D eigenvalue weighted by atomic mass is 32.2. The number of benzene rings is 2. The number of thiophene rings is 1. The highest BCUT2D eigenvalue weighted by molar-refractivity contribution is 7.90. The molecule has 2 amide bonds. The Morgan fingerprint density at radius 1 is 0.893 bits per heavy atom. The second-order valence-electron chi connectivity index (χ2n) is 15.3. The zero-order valence-corrected chi connectivity index (χ0v) is 34.5. The van der Waals surface area contributed by atoms with Crippen LogP contribution in [-0.4, -0.2) is 86.2 Å². The predicted octanol–water partition coefficient (Wildman–Crippen LogP) is 6.41. The molecule has 2 aromatic carbocycles. The largest absolute Gasteiger partial charge is 0.494 e. The predicted molar refractivity (Wildman–Crippen MR) is 219 cm³/mol. The van der Waals surface area contributed by atoms with Gasteiger partial charge in [0.25, 0.3) is 5.91 Å². The molecule has 0 saturated carbocycles. The smallest absolute Gasteiger partial charge is 0.322 e. The van der Waals surface area contributed by atoms with E-state index in [-0.39, 0.29) is 17.4 Å². The van der Waals surface area contributed by atoms with Gasteiger partial charge in [-0.05, 0) is 53.6 Å². The summed E-state index contributed by atoms with van der Waals surface area (Å²) in [5.74, 6) is -1.85. The van der Waals surface area contributed by atoms with Crippen molar-refractivity contribution in [3.05, 3.63) is 88.4 Å². The van der Waals surface area contributed by atoms with E-state index >= 15 is 0 Å². The summed E-state index contributed by atoms with van der Waals surface area (Å²) in [4.78, 5) is 50.5. The molecule has 0 bridgehead atoms. The Morgan fingerprint density at radius 3 is 2.18 bits per heavy atom. The second kappa shape index (κ2) is 19.5. The molecule has 3 heterocycles. The summed E-state index contributed by atoms with van der Waals surface area (Å²) in [5.41, 5.74) is 3.67. The monoisotopic (exact) mass is 803 g/mol. The number of esters is 1. The minimum Gasteiger partial charge on any atom is -0.494 e. The van der Waals surface area contributed by atoms with Crippen molar-refractivity contribution < 1.29 is 32.3 Å². The van der Waals surface area contributed by atoms with Crippen LogP contribution in [0, 0.1) is 5.92 Å². The van der Waals surface area contributed by atoms with Crippen molar-refractivity contribution in [3.63, 3.8) is 0 Å². The minimum atomic E-state index is -4.16. The van der Waals surface area contributed by atoms with Gasteiger partial charge in [0.1, 0.15) is 5.75 Å². The first kappa shape index (κ1) is 42.5. The lowest BCUT2D eigenvalue weighted by Crippen LogP contribution is -2.58. The first-order chi connectivity index (χ1) is 26.7. The van der Waals surface area contributed by atoms with Crippen LogP contribution in [0.1, 0.15) is 79.9 Å². The number of nitrogens with zero attached hydrogens (tertiary/aromatic N) is 3. The Bertz CT molecular complexity index is 2020. The molecular weight excluding hydrogens is 751 g/mol. The molecule has 1 unspecified atom stereocenters. The minimum absolute atomic E-state index is 0.0837. The van der Waals surface area contributed by atoms with Crippen LogP contribution in [0.15, 0.2) is 73.1 Å². The van der Waals surface area contributed by atoms with E-state index in [1.165, 1.54) is 37.0 Å². The SMILES string of the molecule is CCCCCCCOc1ccc(-c2cnc(-c3ccc(CC(CN4CC(C(=O)NS(=O)(=O)CC(=O)OC)C4)NC(=O)c4ccc(C(C)(C)C)s4)cc3)nc2)cc1. The van der Waals surface area contributed by atoms with Gasteiger partial charge in [0, 0.05) is 54.1 Å². The fourth-order valence-corrected chi connectivity index (χ4v) is 8.24. The normalized spacial score (nSPS) is 14.1. The molecule has 1 saturated heterocycles. The van der Waals surface area contributed by atoms with Crippen molar-refractivity contribution >= 4 is 39.1 Å². The van der Waals surface area contributed by atoms with Crippen molar-refractivity contribution in [1.29, 1.82) is 0 Å². The maximum atomic E-state index is 13.5. The summed E-state index contributed by atoms with van der Waals surface area (Å²) in [7, 11) is -3.08. The zero-order chi connectivity index (χ0) is 40.3. The van der Waals surface area contributed by atoms with Gasteiger partial charge in [-0.15, -0.1) is 11.3 Å². The van der Waals surface area contributed by atoms with E-state index in [1.54, 1.807) is 0 Å². The lowest BCUT2D eigenvalue weighted by atomic mass is 9.95. The van der Waals surface area contributed by atoms with Crippen LogP contribution in [0.25, 0.3) is 22.5 Å². The third kappa shape index (κ3) is 12.4. The number of amides is 2. The van der Waals surface area contributed by atoms with Crippen LogP contribution < -0.4 is 14.8 Å². The molecule has 4 aromatic rings. The number of carbonyl (C=O) groups is 3. The Balaban J connectivity index is 1.20. The highest BCUT2D eigenvalue weighted by Gasteiger charge is 2.36. The molecular formula is C42H53N5O7S2. The third-order valence-electron chi connectivity index (χ3n) is 9.55. The van der Waals surface area contributed by atoms with Gasteiger partial charge in [-0.25, -0.2) is 18.4 Å². The fraction of sp³-hybridized carbons (Fsp3) is 0.452. The molecule has 12 nitrogen and oxygen atoms in total. The van der Waals surface area contributed by atoms with Crippen molar-refractivity contribution in [1.82, 2.24) is 24.9 Å². The van der Waals surface area contributed by atoms with Crippen LogP contribution in [0.2, 0.25) is 0 Å². The van der Waals surface area contributed by atoms with Gasteiger partial charge in [-0.1, -0.05) is 89.8 Å². The number of hydrogen-bond donors (Lipinski definition) is 2. The molecule has 0 spiro atoms. The molecule has 2 aromatic heterocycles. The third-order valence-corrected chi connectivity index (χ3v) is 12.2. The van der Waals surface area contributed by atoms with Crippen LogP contribution >= 0.6 is 11.3 Å². The van der Waals surface area contributed by atoms with E-state index in [2.05, 4.69) is 47.7 Å². The van der Waals surface area contributed by atoms with Crippen molar-refractivity contribution in [3.8, 4) is 28.3 Å². The number of rotatable bonds is 19. The van der Waals surface area contributed by atoms with Gasteiger partial charge >= 0.3 is 5.97 Å². The van der Waals surface area contributed by atoms with Crippen LogP contribution in [-0.2, 0) is 36.2 Å². The standard InChI is InChI=1S/C42H53N5O7S2/c1-6-7-8-9-10-21-54-35-17-15-30(16-18-35)32-23-43-39(44-24-32)31-13-11-29(12-14-31)22-34(45-41(50)36-19-20-37(55-36)42(2,3)4)27-47-25-33(26-47)40(49)46-56(51,52)28-38(48)53-5/h11-20,23-24,33-34H,6-10,21-22,25-28H2,1-5H3,(H,45,50)(H,46,49). The molecule has 1 atom stereocenters. The van der Waals surface area contributed by atoms with Gasteiger partial charge < -0.3 is 14.8 Å². The molecule has 0 radical (unpaired) electrons. The molecule has 1 aliphatic heterocycles. The number of likely N-dealkylation sites (tertiary alicyclic amines) is 1. The molecule has 14 heteroatoms. The Labute approximate surface area is 334 Å². The fourth-order valence-electron chi connectivity index (χ4n) is 6.30. The number of aromatic nitrogens is 2. The maximum Gasteiger partial charge on any atom is 0.322 e. The number of hydrogen-bond acceptors (Lipinski definition) is 11. The van der Waals surface area contributed by atoms with E-state index < -0.39 is 33.6 Å². The second-order valence-corrected chi connectivity index (χ2v) is 18.1. The van der Waals surface area contributed by atoms with Gasteiger partial charge in [-0.2, -0.15) is 0 Å². The van der Waals surface area contributed by atoms with Gasteiger partial charge in [0.15, 0.2) is 11.6 Å². The number of unbranched alkanes of at least 4 members (excludes halogenated alkanes) is 4. The van der Waals surface area contributed by atoms with Gasteiger partial charge in [-0.3, -0.25) is 24.0 Å². The number of methoxy groups -OCH3 is 1. The topological polar surface area (TPSA) is 157 Å². The highest BCUT2D eigenvalue weighted by Crippen LogP contribution is 2.30.